The number of hydrogen-bond acceptors (Lipinski definition) is 6. The average Bonchev–Trinajstić information content (AvgIpc) is 3.21. The van der Waals surface area contributed by atoms with Gasteiger partial charge in [-0.25, -0.2) is 9.78 Å². The Morgan fingerprint density at radius 1 is 1.03 bits per heavy atom. The molecule has 4 heterocycles. The number of carbonyl (C=O) groups is 2. The fourth-order valence-corrected chi connectivity index (χ4v) is 5.60. The highest BCUT2D eigenvalue weighted by molar-refractivity contribution is 5.92. The van der Waals surface area contributed by atoms with Crippen LogP contribution in [0, 0.1) is 5.41 Å². The number of aromatic nitrogens is 1. The highest BCUT2D eigenvalue weighted by atomic mass is 19.4. The Hall–Kier alpha value is -3.34. The Kier molecular flexibility index (Phi) is 8.11. The second-order valence-electron chi connectivity index (χ2n) is 11.2. The standard InChI is InChI=1S/C26H33N3O3.C2HF3O2/c1-25(2)16-21-19(4-3-5-23(21)32-25)18-28-12-8-26(9-13-28)10-14-29(15-11-26)24(31)22-7-6-20(30)17-27-22;3-2(4,5)1(6)7/h3-7,17,30H,8-16,18H2,1-2H3;(H,6,7). The first-order valence-corrected chi connectivity index (χ1v) is 13.0. The van der Waals surface area contributed by atoms with Crippen LogP contribution in [0.3, 0.4) is 0 Å². The first-order chi connectivity index (χ1) is 18.3. The number of ether oxygens (including phenoxy) is 1. The molecule has 3 aliphatic rings. The van der Waals surface area contributed by atoms with E-state index in [1.165, 1.54) is 36.2 Å². The number of benzene rings is 1. The molecule has 1 aromatic heterocycles. The number of piperidine rings is 2. The first-order valence-electron chi connectivity index (χ1n) is 13.0. The van der Waals surface area contributed by atoms with Crippen molar-refractivity contribution in [2.75, 3.05) is 26.2 Å². The van der Waals surface area contributed by atoms with Gasteiger partial charge in [-0.3, -0.25) is 9.69 Å². The number of aliphatic carboxylic acids is 1. The summed E-state index contributed by atoms with van der Waals surface area (Å²) in [6.07, 6.45) is 1.76. The third-order valence-electron chi connectivity index (χ3n) is 7.85. The monoisotopic (exact) mass is 549 g/mol. The van der Waals surface area contributed by atoms with Gasteiger partial charge in [0.15, 0.2) is 0 Å². The number of carbonyl (C=O) groups excluding carboxylic acids is 1. The van der Waals surface area contributed by atoms with Gasteiger partial charge in [-0.1, -0.05) is 12.1 Å². The molecule has 2 aromatic rings. The number of hydrogen-bond donors (Lipinski definition) is 2. The largest absolute Gasteiger partial charge is 0.506 e. The summed E-state index contributed by atoms with van der Waals surface area (Å²) >= 11 is 0. The molecule has 1 amide bonds. The molecular weight excluding hydrogens is 515 g/mol. The molecule has 39 heavy (non-hydrogen) atoms. The Bertz CT molecular complexity index is 1180. The van der Waals surface area contributed by atoms with Gasteiger partial charge in [-0.05, 0) is 81.8 Å². The second kappa shape index (κ2) is 11.0. The SMILES string of the molecule is CC1(C)Cc2c(CN3CCC4(CC3)CCN(C(=O)c3ccc(O)cn3)CC4)cccc2O1.O=C(O)C(F)(F)F. The molecule has 0 radical (unpaired) electrons. The molecule has 3 aliphatic heterocycles. The molecular formula is C28H34F3N3O5. The van der Waals surface area contributed by atoms with E-state index >= 15 is 0 Å². The van der Waals surface area contributed by atoms with E-state index in [1.54, 1.807) is 6.07 Å². The Morgan fingerprint density at radius 3 is 2.21 bits per heavy atom. The van der Waals surface area contributed by atoms with Crippen LogP contribution in [0.15, 0.2) is 36.5 Å². The van der Waals surface area contributed by atoms with Gasteiger partial charge in [-0.15, -0.1) is 0 Å². The lowest BCUT2D eigenvalue weighted by atomic mass is 9.71. The van der Waals surface area contributed by atoms with Gasteiger partial charge in [0, 0.05) is 31.6 Å². The molecule has 0 bridgehead atoms. The predicted molar refractivity (Wildman–Crippen MR) is 137 cm³/mol. The number of nitrogens with zero attached hydrogens (tertiary/aromatic N) is 3. The number of rotatable bonds is 3. The summed E-state index contributed by atoms with van der Waals surface area (Å²) in [7, 11) is 0. The molecule has 11 heteroatoms. The summed E-state index contributed by atoms with van der Waals surface area (Å²) in [6.45, 7) is 9.13. The van der Waals surface area contributed by atoms with E-state index in [9.17, 15) is 23.1 Å². The molecule has 0 aliphatic carbocycles. The van der Waals surface area contributed by atoms with Gasteiger partial charge in [0.1, 0.15) is 22.8 Å². The minimum Gasteiger partial charge on any atom is -0.506 e. The quantitative estimate of drug-likeness (QED) is 0.575. The van der Waals surface area contributed by atoms with E-state index in [2.05, 4.69) is 41.9 Å². The molecule has 5 rings (SSSR count). The van der Waals surface area contributed by atoms with Crippen LogP contribution in [0.2, 0.25) is 0 Å². The van der Waals surface area contributed by atoms with Crippen LogP contribution < -0.4 is 4.74 Å². The lowest BCUT2D eigenvalue weighted by molar-refractivity contribution is -0.192. The van der Waals surface area contributed by atoms with E-state index < -0.39 is 12.1 Å². The van der Waals surface area contributed by atoms with Crippen molar-refractivity contribution in [2.45, 2.75) is 64.3 Å². The van der Waals surface area contributed by atoms with Crippen molar-refractivity contribution in [1.29, 1.82) is 0 Å². The number of alkyl halides is 3. The topological polar surface area (TPSA) is 103 Å². The molecule has 8 nitrogen and oxygen atoms in total. The molecule has 2 saturated heterocycles. The summed E-state index contributed by atoms with van der Waals surface area (Å²) in [4.78, 5) is 30.2. The van der Waals surface area contributed by atoms with Gasteiger partial charge < -0.3 is 19.8 Å². The molecule has 0 unspecified atom stereocenters. The minimum absolute atomic E-state index is 0.0274. The van der Waals surface area contributed by atoms with Crippen LogP contribution >= 0.6 is 0 Å². The highest BCUT2D eigenvalue weighted by Gasteiger charge is 2.40. The third kappa shape index (κ3) is 7.00. The molecule has 0 saturated carbocycles. The van der Waals surface area contributed by atoms with Crippen LogP contribution in [-0.4, -0.2) is 74.8 Å². The lowest BCUT2D eigenvalue weighted by Crippen LogP contribution is -2.48. The number of carboxylic acids is 1. The number of pyridine rings is 1. The van der Waals surface area contributed by atoms with E-state index in [1.807, 2.05) is 4.90 Å². The number of fused-ring (bicyclic) bond motifs is 1. The summed E-state index contributed by atoms with van der Waals surface area (Å²) in [5, 5.41) is 16.5. The van der Waals surface area contributed by atoms with Crippen molar-refractivity contribution in [3.63, 3.8) is 0 Å². The van der Waals surface area contributed by atoms with Crippen LogP contribution in [0.5, 0.6) is 11.5 Å². The summed E-state index contributed by atoms with van der Waals surface area (Å²) in [5.41, 5.74) is 3.46. The van der Waals surface area contributed by atoms with Crippen molar-refractivity contribution in [2.24, 2.45) is 5.41 Å². The van der Waals surface area contributed by atoms with Crippen molar-refractivity contribution >= 4 is 11.9 Å². The fraction of sp³-hybridized carbons (Fsp3) is 0.536. The zero-order valence-corrected chi connectivity index (χ0v) is 22.1. The van der Waals surface area contributed by atoms with Crippen LogP contribution in [0.25, 0.3) is 0 Å². The maximum Gasteiger partial charge on any atom is 0.490 e. The van der Waals surface area contributed by atoms with Crippen molar-refractivity contribution < 1.29 is 37.7 Å². The Morgan fingerprint density at radius 2 is 1.64 bits per heavy atom. The Balaban J connectivity index is 0.000000448. The van der Waals surface area contributed by atoms with Crippen molar-refractivity contribution in [1.82, 2.24) is 14.8 Å². The van der Waals surface area contributed by atoms with Gasteiger partial charge in [0.2, 0.25) is 0 Å². The van der Waals surface area contributed by atoms with Crippen LogP contribution in [0.4, 0.5) is 13.2 Å². The number of likely N-dealkylation sites (tertiary alicyclic amines) is 2. The van der Waals surface area contributed by atoms with E-state index in [4.69, 9.17) is 14.6 Å². The number of amides is 1. The molecule has 1 spiro atoms. The lowest BCUT2D eigenvalue weighted by Gasteiger charge is -2.47. The average molecular weight is 550 g/mol. The van der Waals surface area contributed by atoms with Gasteiger partial charge >= 0.3 is 12.1 Å². The van der Waals surface area contributed by atoms with Crippen molar-refractivity contribution in [3.8, 4) is 11.5 Å². The summed E-state index contributed by atoms with van der Waals surface area (Å²) in [6, 6.07) is 9.61. The molecule has 0 atom stereocenters. The first kappa shape index (κ1) is 28.7. The van der Waals surface area contributed by atoms with E-state index in [-0.39, 0.29) is 17.3 Å². The molecule has 2 fully saturated rings. The highest BCUT2D eigenvalue weighted by Crippen LogP contribution is 2.42. The molecule has 2 N–H and O–H groups in total. The summed E-state index contributed by atoms with van der Waals surface area (Å²) in [5.74, 6) is -1.64. The van der Waals surface area contributed by atoms with E-state index in [0.29, 0.717) is 11.1 Å². The molecule has 1 aromatic carbocycles. The maximum atomic E-state index is 12.7. The van der Waals surface area contributed by atoms with E-state index in [0.717, 1.165) is 57.7 Å². The Labute approximate surface area is 225 Å². The van der Waals surface area contributed by atoms with Gasteiger partial charge in [0.25, 0.3) is 5.91 Å². The number of aromatic hydroxyl groups is 1. The minimum atomic E-state index is -5.08. The van der Waals surface area contributed by atoms with Crippen molar-refractivity contribution in [3.05, 3.63) is 53.3 Å². The van der Waals surface area contributed by atoms with Gasteiger partial charge in [0.05, 0.1) is 6.20 Å². The predicted octanol–water partition coefficient (Wildman–Crippen LogP) is 4.65. The smallest absolute Gasteiger partial charge is 0.490 e. The summed E-state index contributed by atoms with van der Waals surface area (Å²) < 4.78 is 37.8. The third-order valence-corrected chi connectivity index (χ3v) is 7.85. The zero-order valence-electron chi connectivity index (χ0n) is 22.1. The van der Waals surface area contributed by atoms with Crippen LogP contribution in [-0.2, 0) is 17.8 Å². The second-order valence-corrected chi connectivity index (χ2v) is 11.2. The maximum absolute atomic E-state index is 12.7. The number of halogens is 3. The zero-order chi connectivity index (χ0) is 28.4. The number of carboxylic acid groups (broad SMARTS) is 1. The fourth-order valence-electron chi connectivity index (χ4n) is 5.60. The van der Waals surface area contributed by atoms with Gasteiger partial charge in [-0.2, -0.15) is 13.2 Å². The normalized spacial score (nSPS) is 20.0. The van der Waals surface area contributed by atoms with Crippen LogP contribution in [0.1, 0.15) is 61.1 Å². The molecule has 212 valence electrons.